The molecule has 0 radical (unpaired) electrons. The van der Waals surface area contributed by atoms with E-state index in [1.54, 1.807) is 24.4 Å². The Balaban J connectivity index is 2.11. The molecule has 0 unspecified atom stereocenters. The fourth-order valence-electron chi connectivity index (χ4n) is 1.63. The molecule has 5 nitrogen and oxygen atoms in total. The summed E-state index contributed by atoms with van der Waals surface area (Å²) in [5, 5.41) is 4.64. The third-order valence-electron chi connectivity index (χ3n) is 2.56. The van der Waals surface area contributed by atoms with Gasteiger partial charge in [0.2, 0.25) is 0 Å². The van der Waals surface area contributed by atoms with Crippen LogP contribution in [0.3, 0.4) is 0 Å². The zero-order chi connectivity index (χ0) is 15.2. The number of esters is 1. The summed E-state index contributed by atoms with van der Waals surface area (Å²) in [5.41, 5.74) is 0.785. The molecule has 21 heavy (non-hydrogen) atoms. The number of nitrogens with one attached hydrogen (secondary N) is 1. The lowest BCUT2D eigenvalue weighted by Crippen LogP contribution is -2.13. The monoisotopic (exact) mass is 322 g/mol. The van der Waals surface area contributed by atoms with Crippen LogP contribution in [0.25, 0.3) is 0 Å². The van der Waals surface area contributed by atoms with Crippen LogP contribution >= 0.6 is 23.1 Å². The number of anilines is 1. The number of thioether (sulfide) groups is 1. The molecule has 1 heterocycles. The van der Waals surface area contributed by atoms with E-state index in [0.717, 1.165) is 4.90 Å². The highest BCUT2D eigenvalue weighted by Crippen LogP contribution is 2.22. The van der Waals surface area contributed by atoms with Crippen LogP contribution in [0.4, 0.5) is 5.13 Å². The number of thiazole rings is 1. The molecule has 1 aromatic carbocycles. The Labute approximate surface area is 130 Å². The number of amides is 1. The minimum atomic E-state index is -0.487. The zero-order valence-corrected chi connectivity index (χ0v) is 13.2. The maximum atomic E-state index is 12.2. The standard InChI is InChI=1S/C14H14N2O3S2/c1-3-19-13(18)10-8-21-14(15-10)16-12(17)9-6-4-5-7-11(9)20-2/h4-8H,3H2,1-2H3,(H,15,16,17). The van der Waals surface area contributed by atoms with E-state index in [0.29, 0.717) is 17.3 Å². The second kappa shape index (κ2) is 7.24. The zero-order valence-electron chi connectivity index (χ0n) is 11.6. The number of aromatic nitrogens is 1. The molecule has 0 bridgehead atoms. The van der Waals surface area contributed by atoms with Crippen molar-refractivity contribution in [1.82, 2.24) is 4.98 Å². The van der Waals surface area contributed by atoms with Crippen LogP contribution in [-0.2, 0) is 4.74 Å². The van der Waals surface area contributed by atoms with E-state index in [4.69, 9.17) is 4.74 Å². The molecule has 0 fully saturated rings. The van der Waals surface area contributed by atoms with Crippen molar-refractivity contribution in [2.45, 2.75) is 11.8 Å². The van der Waals surface area contributed by atoms with E-state index in [1.165, 1.54) is 23.1 Å². The van der Waals surface area contributed by atoms with E-state index < -0.39 is 5.97 Å². The second-order valence-electron chi connectivity index (χ2n) is 3.91. The fraction of sp³-hybridized carbons (Fsp3) is 0.214. The van der Waals surface area contributed by atoms with Gasteiger partial charge in [-0.1, -0.05) is 12.1 Å². The number of carbonyl (C=O) groups is 2. The number of benzene rings is 1. The first-order chi connectivity index (χ1) is 10.2. The van der Waals surface area contributed by atoms with Crippen LogP contribution in [0.2, 0.25) is 0 Å². The Morgan fingerprint density at radius 2 is 2.14 bits per heavy atom. The van der Waals surface area contributed by atoms with Gasteiger partial charge in [-0.05, 0) is 25.3 Å². The summed E-state index contributed by atoms with van der Waals surface area (Å²) < 4.78 is 4.86. The first kappa shape index (κ1) is 15.5. The van der Waals surface area contributed by atoms with E-state index >= 15 is 0 Å². The summed E-state index contributed by atoms with van der Waals surface area (Å²) in [7, 11) is 0. The van der Waals surface area contributed by atoms with Crippen LogP contribution in [0.15, 0.2) is 34.5 Å². The lowest BCUT2D eigenvalue weighted by molar-refractivity contribution is 0.0520. The lowest BCUT2D eigenvalue weighted by atomic mass is 10.2. The van der Waals surface area contributed by atoms with Gasteiger partial charge in [-0.25, -0.2) is 9.78 Å². The number of hydrogen-bond acceptors (Lipinski definition) is 6. The fourth-order valence-corrected chi connectivity index (χ4v) is 2.90. The van der Waals surface area contributed by atoms with Crippen molar-refractivity contribution >= 4 is 40.1 Å². The highest BCUT2D eigenvalue weighted by atomic mass is 32.2. The highest BCUT2D eigenvalue weighted by Gasteiger charge is 2.15. The minimum Gasteiger partial charge on any atom is -0.461 e. The molecule has 0 atom stereocenters. The minimum absolute atomic E-state index is 0.204. The van der Waals surface area contributed by atoms with Gasteiger partial charge in [0.25, 0.3) is 5.91 Å². The van der Waals surface area contributed by atoms with Gasteiger partial charge in [-0.2, -0.15) is 0 Å². The molecular formula is C14H14N2O3S2. The van der Waals surface area contributed by atoms with Crippen molar-refractivity contribution in [3.8, 4) is 0 Å². The molecule has 1 aromatic heterocycles. The Morgan fingerprint density at radius 1 is 1.38 bits per heavy atom. The van der Waals surface area contributed by atoms with Crippen LogP contribution < -0.4 is 5.32 Å². The van der Waals surface area contributed by atoms with Gasteiger partial charge in [0.1, 0.15) is 0 Å². The number of carbonyl (C=O) groups excluding carboxylic acids is 2. The Hall–Kier alpha value is -1.86. The van der Waals surface area contributed by atoms with Gasteiger partial charge in [0.05, 0.1) is 12.2 Å². The summed E-state index contributed by atoms with van der Waals surface area (Å²) in [6.45, 7) is 2.02. The smallest absolute Gasteiger partial charge is 0.357 e. The molecule has 0 saturated heterocycles. The van der Waals surface area contributed by atoms with Crippen molar-refractivity contribution in [2.24, 2.45) is 0 Å². The summed E-state index contributed by atoms with van der Waals surface area (Å²) in [5.74, 6) is -0.733. The number of ether oxygens (including phenoxy) is 1. The van der Waals surface area contributed by atoms with E-state index in [1.807, 2.05) is 18.4 Å². The van der Waals surface area contributed by atoms with Crippen molar-refractivity contribution in [1.29, 1.82) is 0 Å². The Bertz CT molecular complexity index is 655. The van der Waals surface area contributed by atoms with Gasteiger partial charge in [-0.3, -0.25) is 10.1 Å². The number of hydrogen-bond donors (Lipinski definition) is 1. The third-order valence-corrected chi connectivity index (χ3v) is 4.11. The molecule has 0 aliphatic rings. The van der Waals surface area contributed by atoms with Crippen molar-refractivity contribution < 1.29 is 14.3 Å². The van der Waals surface area contributed by atoms with Gasteiger partial charge < -0.3 is 4.74 Å². The van der Waals surface area contributed by atoms with E-state index in [2.05, 4.69) is 10.3 Å². The summed E-state index contributed by atoms with van der Waals surface area (Å²) in [6, 6.07) is 7.32. The predicted molar refractivity (Wildman–Crippen MR) is 84.2 cm³/mol. The first-order valence-corrected chi connectivity index (χ1v) is 8.33. The van der Waals surface area contributed by atoms with Crippen molar-refractivity contribution in [3.05, 3.63) is 40.9 Å². The molecule has 110 valence electrons. The highest BCUT2D eigenvalue weighted by molar-refractivity contribution is 7.98. The van der Waals surface area contributed by atoms with E-state index in [9.17, 15) is 9.59 Å². The third kappa shape index (κ3) is 3.83. The normalized spacial score (nSPS) is 10.2. The molecule has 2 aromatic rings. The van der Waals surface area contributed by atoms with Gasteiger partial charge in [-0.15, -0.1) is 23.1 Å². The van der Waals surface area contributed by atoms with Crippen LogP contribution in [-0.4, -0.2) is 29.7 Å². The average Bonchev–Trinajstić information content (AvgIpc) is 2.96. The lowest BCUT2D eigenvalue weighted by Gasteiger charge is -2.06. The first-order valence-electron chi connectivity index (χ1n) is 6.22. The van der Waals surface area contributed by atoms with Crippen molar-refractivity contribution in [3.63, 3.8) is 0 Å². The number of nitrogens with zero attached hydrogens (tertiary/aromatic N) is 1. The van der Waals surface area contributed by atoms with Crippen LogP contribution in [0, 0.1) is 0 Å². The topological polar surface area (TPSA) is 68.3 Å². The van der Waals surface area contributed by atoms with Crippen LogP contribution in [0.5, 0.6) is 0 Å². The molecule has 2 rings (SSSR count). The average molecular weight is 322 g/mol. The van der Waals surface area contributed by atoms with Gasteiger partial charge in [0, 0.05) is 10.3 Å². The molecule has 0 saturated carbocycles. The Morgan fingerprint density at radius 3 is 2.86 bits per heavy atom. The summed E-state index contributed by atoms with van der Waals surface area (Å²) >= 11 is 2.69. The van der Waals surface area contributed by atoms with Crippen LogP contribution in [0.1, 0.15) is 27.8 Å². The largest absolute Gasteiger partial charge is 0.461 e. The second-order valence-corrected chi connectivity index (χ2v) is 5.62. The molecule has 1 N–H and O–H groups in total. The van der Waals surface area contributed by atoms with Gasteiger partial charge >= 0.3 is 5.97 Å². The molecule has 0 spiro atoms. The SMILES string of the molecule is CCOC(=O)c1csc(NC(=O)c2ccccc2SC)n1. The molecule has 0 aliphatic heterocycles. The summed E-state index contributed by atoms with van der Waals surface area (Å²) in [6.07, 6.45) is 1.91. The maximum Gasteiger partial charge on any atom is 0.357 e. The maximum absolute atomic E-state index is 12.2. The molecular weight excluding hydrogens is 308 g/mol. The van der Waals surface area contributed by atoms with E-state index in [-0.39, 0.29) is 11.6 Å². The number of rotatable bonds is 5. The quantitative estimate of drug-likeness (QED) is 0.676. The summed E-state index contributed by atoms with van der Waals surface area (Å²) in [4.78, 5) is 28.7. The molecule has 1 amide bonds. The Kier molecular flexibility index (Phi) is 5.35. The molecule has 7 heteroatoms. The predicted octanol–water partition coefficient (Wildman–Crippen LogP) is 3.29. The van der Waals surface area contributed by atoms with Gasteiger partial charge in [0.15, 0.2) is 10.8 Å². The molecule has 0 aliphatic carbocycles. The van der Waals surface area contributed by atoms with Crippen molar-refractivity contribution in [2.75, 3.05) is 18.2 Å².